The summed E-state index contributed by atoms with van der Waals surface area (Å²) in [5.74, 6) is 0.426. The number of rotatable bonds is 11. The van der Waals surface area contributed by atoms with Crippen LogP contribution in [0.5, 0.6) is 0 Å². The van der Waals surface area contributed by atoms with E-state index in [1.54, 1.807) is 16.7 Å². The van der Waals surface area contributed by atoms with Crippen LogP contribution in [0.15, 0.2) is 88.2 Å². The molecule has 4 nitrogen and oxygen atoms in total. The summed E-state index contributed by atoms with van der Waals surface area (Å²) in [7, 11) is 0. The lowest BCUT2D eigenvalue weighted by Crippen LogP contribution is -2.51. The van der Waals surface area contributed by atoms with Crippen molar-refractivity contribution in [2.45, 2.75) is 50.2 Å². The number of nitrogens with zero attached hydrogens (tertiary/aromatic N) is 1. The number of amides is 2. The summed E-state index contributed by atoms with van der Waals surface area (Å²) >= 11 is 11.1. The molecule has 3 aromatic rings. The molecule has 0 unspecified atom stereocenters. The van der Waals surface area contributed by atoms with Crippen LogP contribution in [-0.4, -0.2) is 34.6 Å². The first-order valence-corrected chi connectivity index (χ1v) is 13.7. The minimum Gasteiger partial charge on any atom is -0.352 e. The van der Waals surface area contributed by atoms with E-state index in [4.69, 9.17) is 11.6 Å². The molecule has 1 atom stereocenters. The number of carbonyl (C=O) groups excluding carboxylic acids is 2. The second kappa shape index (κ2) is 13.7. The molecule has 0 heterocycles. The summed E-state index contributed by atoms with van der Waals surface area (Å²) in [5.41, 5.74) is 1.99. The highest BCUT2D eigenvalue weighted by Gasteiger charge is 2.30. The number of benzene rings is 3. The first-order valence-electron chi connectivity index (χ1n) is 11.6. The van der Waals surface area contributed by atoms with Crippen LogP contribution in [0.25, 0.3) is 0 Å². The van der Waals surface area contributed by atoms with Gasteiger partial charge >= 0.3 is 0 Å². The van der Waals surface area contributed by atoms with Crippen molar-refractivity contribution in [2.24, 2.45) is 0 Å². The summed E-state index contributed by atoms with van der Waals surface area (Å²) in [4.78, 5) is 29.7. The molecule has 2 amide bonds. The predicted molar refractivity (Wildman–Crippen MR) is 149 cm³/mol. The van der Waals surface area contributed by atoms with Gasteiger partial charge in [0, 0.05) is 45.6 Å². The number of thioether (sulfide) groups is 1. The Balaban J connectivity index is 1.83. The molecule has 3 aromatic carbocycles. The molecule has 0 bridgehead atoms. The molecule has 184 valence electrons. The molecule has 0 saturated heterocycles. The van der Waals surface area contributed by atoms with Crippen LogP contribution in [0.2, 0.25) is 5.02 Å². The molecule has 0 saturated carbocycles. The molecular weight excluding hydrogens is 544 g/mol. The highest BCUT2D eigenvalue weighted by atomic mass is 79.9. The fraction of sp³-hybridized carbons (Fsp3) is 0.286. The Bertz CT molecular complexity index is 1090. The zero-order valence-electron chi connectivity index (χ0n) is 19.9. The zero-order chi connectivity index (χ0) is 25.2. The van der Waals surface area contributed by atoms with Gasteiger partial charge in [-0.05, 0) is 61.4 Å². The van der Waals surface area contributed by atoms with Crippen LogP contribution in [0.4, 0.5) is 0 Å². The maximum Gasteiger partial charge on any atom is 0.243 e. The summed E-state index contributed by atoms with van der Waals surface area (Å²) in [6.07, 6.45) is 0.774. The number of carbonyl (C=O) groups is 2. The molecule has 7 heteroatoms. The summed E-state index contributed by atoms with van der Waals surface area (Å²) in [5, 5.41) is 3.71. The van der Waals surface area contributed by atoms with Gasteiger partial charge in [0.2, 0.25) is 11.8 Å². The molecule has 0 aliphatic rings. The van der Waals surface area contributed by atoms with E-state index in [1.165, 1.54) is 0 Å². The van der Waals surface area contributed by atoms with E-state index in [-0.39, 0.29) is 17.9 Å². The van der Waals surface area contributed by atoms with E-state index in [1.807, 2.05) is 92.7 Å². The van der Waals surface area contributed by atoms with Gasteiger partial charge < -0.3 is 10.2 Å². The summed E-state index contributed by atoms with van der Waals surface area (Å²) in [6.45, 7) is 4.23. The molecule has 0 radical (unpaired) electrons. The zero-order valence-corrected chi connectivity index (χ0v) is 23.1. The minimum absolute atomic E-state index is 0.0223. The Kier molecular flexibility index (Phi) is 10.7. The number of hydrogen-bond acceptors (Lipinski definition) is 3. The van der Waals surface area contributed by atoms with Gasteiger partial charge in [0.15, 0.2) is 0 Å². The highest BCUT2D eigenvalue weighted by molar-refractivity contribution is 9.10. The van der Waals surface area contributed by atoms with E-state index in [0.29, 0.717) is 30.2 Å². The van der Waals surface area contributed by atoms with E-state index in [0.717, 1.165) is 20.5 Å². The van der Waals surface area contributed by atoms with Gasteiger partial charge in [-0.15, -0.1) is 11.8 Å². The van der Waals surface area contributed by atoms with Crippen LogP contribution in [-0.2, 0) is 22.6 Å². The van der Waals surface area contributed by atoms with Gasteiger partial charge in [-0.25, -0.2) is 0 Å². The van der Waals surface area contributed by atoms with Crippen molar-refractivity contribution < 1.29 is 9.59 Å². The lowest BCUT2D eigenvalue weighted by Gasteiger charge is -2.32. The Hall–Kier alpha value is -2.28. The van der Waals surface area contributed by atoms with E-state index < -0.39 is 6.04 Å². The third-order valence-electron chi connectivity index (χ3n) is 5.37. The predicted octanol–water partition coefficient (Wildman–Crippen LogP) is 6.75. The Morgan fingerprint density at radius 2 is 1.60 bits per heavy atom. The van der Waals surface area contributed by atoms with Crippen LogP contribution in [0.1, 0.15) is 31.4 Å². The summed E-state index contributed by atoms with van der Waals surface area (Å²) in [6, 6.07) is 24.7. The lowest BCUT2D eigenvalue weighted by molar-refractivity contribution is -0.141. The van der Waals surface area contributed by atoms with Crippen LogP contribution in [0.3, 0.4) is 0 Å². The van der Waals surface area contributed by atoms with E-state index >= 15 is 0 Å². The second-order valence-corrected chi connectivity index (χ2v) is 11.1. The van der Waals surface area contributed by atoms with Crippen molar-refractivity contribution in [3.05, 3.63) is 99.5 Å². The Morgan fingerprint density at radius 3 is 2.23 bits per heavy atom. The SMILES string of the molecule is CC(C)NC(=O)[C@H](Cc1ccccc1)N(Cc1ccc(Br)cc1)C(=O)CCSc1ccc(Cl)cc1. The standard InChI is InChI=1S/C28H30BrClN2O2S/c1-20(2)31-28(34)26(18-21-6-4-3-5-7-21)32(19-22-8-10-23(29)11-9-22)27(33)16-17-35-25-14-12-24(30)13-15-25/h3-15,20,26H,16-19H2,1-2H3,(H,31,34)/t26-/m0/s1. The normalized spacial score (nSPS) is 11.8. The number of nitrogens with one attached hydrogen (secondary N) is 1. The molecule has 35 heavy (non-hydrogen) atoms. The van der Waals surface area contributed by atoms with Crippen molar-refractivity contribution in [1.29, 1.82) is 0 Å². The molecule has 1 N–H and O–H groups in total. The molecule has 0 spiro atoms. The van der Waals surface area contributed by atoms with Crippen molar-refractivity contribution in [3.8, 4) is 0 Å². The molecule has 0 fully saturated rings. The van der Waals surface area contributed by atoms with E-state index in [2.05, 4.69) is 21.2 Å². The average molecular weight is 574 g/mol. The fourth-order valence-electron chi connectivity index (χ4n) is 3.65. The minimum atomic E-state index is -0.614. The largest absolute Gasteiger partial charge is 0.352 e. The Labute approximate surface area is 225 Å². The smallest absolute Gasteiger partial charge is 0.243 e. The van der Waals surface area contributed by atoms with Gasteiger partial charge in [-0.2, -0.15) is 0 Å². The van der Waals surface area contributed by atoms with Crippen LogP contribution >= 0.6 is 39.3 Å². The van der Waals surface area contributed by atoms with Gasteiger partial charge in [0.05, 0.1) is 0 Å². The third kappa shape index (κ3) is 9.02. The van der Waals surface area contributed by atoms with Gasteiger partial charge in [-0.1, -0.05) is 70.0 Å². The number of halogens is 2. The molecule has 0 aliphatic heterocycles. The third-order valence-corrected chi connectivity index (χ3v) is 7.16. The van der Waals surface area contributed by atoms with Gasteiger partial charge in [0.25, 0.3) is 0 Å². The van der Waals surface area contributed by atoms with Crippen LogP contribution < -0.4 is 5.32 Å². The molecule has 3 rings (SSSR count). The highest BCUT2D eigenvalue weighted by Crippen LogP contribution is 2.23. The fourth-order valence-corrected chi connectivity index (χ4v) is 4.88. The quantitative estimate of drug-likeness (QED) is 0.258. The first-order chi connectivity index (χ1) is 16.8. The monoisotopic (exact) mass is 572 g/mol. The molecule has 0 aliphatic carbocycles. The maximum absolute atomic E-state index is 13.6. The van der Waals surface area contributed by atoms with Crippen molar-refractivity contribution in [2.75, 3.05) is 5.75 Å². The molecule has 0 aromatic heterocycles. The second-order valence-electron chi connectivity index (χ2n) is 8.57. The van der Waals surface area contributed by atoms with E-state index in [9.17, 15) is 9.59 Å². The van der Waals surface area contributed by atoms with Crippen molar-refractivity contribution in [3.63, 3.8) is 0 Å². The number of hydrogen-bond donors (Lipinski definition) is 1. The lowest BCUT2D eigenvalue weighted by atomic mass is 10.0. The van der Waals surface area contributed by atoms with Gasteiger partial charge in [0.1, 0.15) is 6.04 Å². The average Bonchev–Trinajstić information content (AvgIpc) is 2.84. The van der Waals surface area contributed by atoms with Crippen LogP contribution in [0, 0.1) is 0 Å². The maximum atomic E-state index is 13.6. The Morgan fingerprint density at radius 1 is 0.943 bits per heavy atom. The first kappa shape index (κ1) is 27.3. The van der Waals surface area contributed by atoms with Crippen molar-refractivity contribution >= 4 is 51.1 Å². The topological polar surface area (TPSA) is 49.4 Å². The van der Waals surface area contributed by atoms with Crippen molar-refractivity contribution in [1.82, 2.24) is 10.2 Å². The summed E-state index contributed by atoms with van der Waals surface area (Å²) < 4.78 is 0.969. The molecular formula is C28H30BrClN2O2S. The van der Waals surface area contributed by atoms with Gasteiger partial charge in [-0.3, -0.25) is 9.59 Å².